The molecule has 1 aliphatic carbocycles. The second kappa shape index (κ2) is 7.37. The van der Waals surface area contributed by atoms with E-state index in [1.807, 2.05) is 28.7 Å². The van der Waals surface area contributed by atoms with Crippen LogP contribution in [0.25, 0.3) is 16.0 Å². The van der Waals surface area contributed by atoms with Crippen LogP contribution in [0.2, 0.25) is 0 Å². The summed E-state index contributed by atoms with van der Waals surface area (Å²) in [4.78, 5) is 27.8. The fourth-order valence-electron chi connectivity index (χ4n) is 3.79. The van der Waals surface area contributed by atoms with Gasteiger partial charge in [0, 0.05) is 22.0 Å². The van der Waals surface area contributed by atoms with Crippen molar-refractivity contribution >= 4 is 60.8 Å². The zero-order valence-electron chi connectivity index (χ0n) is 15.6. The molecule has 29 heavy (non-hydrogen) atoms. The van der Waals surface area contributed by atoms with E-state index < -0.39 is 0 Å². The molecule has 4 aromatic rings. The zero-order chi connectivity index (χ0) is 20.1. The average Bonchev–Trinajstić information content (AvgIpc) is 3.32. The third-order valence-electron chi connectivity index (χ3n) is 5.29. The summed E-state index contributed by atoms with van der Waals surface area (Å²) in [6.45, 7) is 0. The van der Waals surface area contributed by atoms with Crippen molar-refractivity contribution in [3.8, 4) is 0 Å². The monoisotopic (exact) mass is 488 g/mol. The number of carbonyl (C=O) groups excluding carboxylic acids is 1. The molecule has 0 radical (unpaired) electrons. The van der Waals surface area contributed by atoms with Gasteiger partial charge in [0.15, 0.2) is 10.9 Å². The number of ketones is 1. The van der Waals surface area contributed by atoms with E-state index in [0.29, 0.717) is 16.5 Å². The van der Waals surface area contributed by atoms with Crippen molar-refractivity contribution in [2.75, 3.05) is 5.75 Å². The first-order chi connectivity index (χ1) is 14.0. The Morgan fingerprint density at radius 2 is 1.97 bits per heavy atom. The van der Waals surface area contributed by atoms with E-state index in [1.165, 1.54) is 22.2 Å². The van der Waals surface area contributed by atoms with Gasteiger partial charge in [-0.05, 0) is 43.4 Å². The van der Waals surface area contributed by atoms with Crippen molar-refractivity contribution in [2.45, 2.75) is 30.8 Å². The van der Waals surface area contributed by atoms with E-state index in [1.54, 1.807) is 23.0 Å². The number of halogens is 1. The second-order valence-corrected chi connectivity index (χ2v) is 10.0. The number of aryl methyl sites for hydroxylation is 3. The minimum absolute atomic E-state index is 0.0122. The molecular formula is C20H17BrN4O2S2. The van der Waals surface area contributed by atoms with Gasteiger partial charge in [0.05, 0.1) is 11.1 Å². The van der Waals surface area contributed by atoms with Gasteiger partial charge in [0.25, 0.3) is 5.56 Å². The molecule has 0 amide bonds. The molecule has 1 aromatic carbocycles. The first-order valence-corrected chi connectivity index (χ1v) is 11.9. The molecular weight excluding hydrogens is 472 g/mol. The van der Waals surface area contributed by atoms with E-state index in [-0.39, 0.29) is 17.1 Å². The maximum Gasteiger partial charge on any atom is 0.263 e. The van der Waals surface area contributed by atoms with Crippen molar-refractivity contribution in [2.24, 2.45) is 7.05 Å². The molecule has 6 nitrogen and oxygen atoms in total. The summed E-state index contributed by atoms with van der Waals surface area (Å²) >= 11 is 6.41. The summed E-state index contributed by atoms with van der Waals surface area (Å²) in [6, 6.07) is 7.34. The number of nitrogens with zero attached hydrogens (tertiary/aromatic N) is 4. The van der Waals surface area contributed by atoms with Gasteiger partial charge in [-0.25, -0.2) is 4.40 Å². The lowest BCUT2D eigenvalue weighted by Gasteiger charge is -2.10. The quantitative estimate of drug-likeness (QED) is 0.317. The van der Waals surface area contributed by atoms with E-state index >= 15 is 0 Å². The fourth-order valence-corrected chi connectivity index (χ4v) is 6.32. The van der Waals surface area contributed by atoms with E-state index in [2.05, 4.69) is 26.1 Å². The highest BCUT2D eigenvalue weighted by Gasteiger charge is 2.24. The number of thioether (sulfide) groups is 1. The Labute approximate surface area is 183 Å². The van der Waals surface area contributed by atoms with Crippen molar-refractivity contribution in [3.05, 3.63) is 55.1 Å². The Hall–Kier alpha value is -1.97. The number of benzene rings is 1. The first kappa shape index (κ1) is 19.0. The molecule has 0 N–H and O–H groups in total. The van der Waals surface area contributed by atoms with Gasteiger partial charge in [-0.15, -0.1) is 21.5 Å². The van der Waals surface area contributed by atoms with Gasteiger partial charge in [-0.3, -0.25) is 14.2 Å². The van der Waals surface area contributed by atoms with E-state index in [0.717, 1.165) is 40.4 Å². The van der Waals surface area contributed by atoms with Crippen molar-refractivity contribution in [1.82, 2.24) is 19.2 Å². The largest absolute Gasteiger partial charge is 0.293 e. The van der Waals surface area contributed by atoms with Gasteiger partial charge in [-0.2, -0.15) is 0 Å². The van der Waals surface area contributed by atoms with Crippen molar-refractivity contribution in [3.63, 3.8) is 0 Å². The SMILES string of the molecule is Cn1c(=O)c2c3c(sc2n2c(SCC(=O)c4ccc(Br)cc4)nnc12)CCCC3. The minimum atomic E-state index is -0.0122. The summed E-state index contributed by atoms with van der Waals surface area (Å²) in [5.74, 6) is 0.808. The fraction of sp³-hybridized carbons (Fsp3) is 0.300. The highest BCUT2D eigenvalue weighted by molar-refractivity contribution is 9.10. The Morgan fingerprint density at radius 3 is 2.76 bits per heavy atom. The van der Waals surface area contributed by atoms with Crippen molar-refractivity contribution in [1.29, 1.82) is 0 Å². The van der Waals surface area contributed by atoms with Crippen LogP contribution in [0.15, 0.2) is 38.7 Å². The van der Waals surface area contributed by atoms with Crippen LogP contribution in [-0.4, -0.2) is 30.7 Å². The molecule has 0 fully saturated rings. The van der Waals surface area contributed by atoms with Gasteiger partial charge in [0.1, 0.15) is 4.83 Å². The second-order valence-electron chi connectivity index (χ2n) is 7.09. The highest BCUT2D eigenvalue weighted by atomic mass is 79.9. The van der Waals surface area contributed by atoms with Gasteiger partial charge < -0.3 is 0 Å². The topological polar surface area (TPSA) is 69.3 Å². The number of aromatic nitrogens is 4. The highest BCUT2D eigenvalue weighted by Crippen LogP contribution is 2.36. The van der Waals surface area contributed by atoms with E-state index in [9.17, 15) is 9.59 Å². The Balaban J connectivity index is 1.57. The molecule has 3 heterocycles. The van der Waals surface area contributed by atoms with Crippen LogP contribution in [0.1, 0.15) is 33.6 Å². The van der Waals surface area contributed by atoms with Gasteiger partial charge in [0.2, 0.25) is 5.78 Å². The van der Waals surface area contributed by atoms with Crippen LogP contribution in [-0.2, 0) is 19.9 Å². The van der Waals surface area contributed by atoms with Gasteiger partial charge in [-0.1, -0.05) is 39.8 Å². The van der Waals surface area contributed by atoms with Crippen LogP contribution >= 0.6 is 39.0 Å². The van der Waals surface area contributed by atoms with Crippen LogP contribution in [0.4, 0.5) is 0 Å². The predicted octanol–water partition coefficient (Wildman–Crippen LogP) is 4.26. The lowest BCUT2D eigenvalue weighted by atomic mass is 9.97. The van der Waals surface area contributed by atoms with Crippen LogP contribution < -0.4 is 5.56 Å². The Kier molecular flexibility index (Phi) is 4.84. The maximum atomic E-state index is 13.0. The number of Topliss-reactive ketones (excluding diaryl/α,β-unsaturated/α-hetero) is 1. The number of thiophene rings is 1. The molecule has 0 unspecified atom stereocenters. The average molecular weight is 489 g/mol. The van der Waals surface area contributed by atoms with Crippen LogP contribution in [0.3, 0.4) is 0 Å². The summed E-state index contributed by atoms with van der Waals surface area (Å²) < 4.78 is 4.45. The minimum Gasteiger partial charge on any atom is -0.293 e. The van der Waals surface area contributed by atoms with Gasteiger partial charge >= 0.3 is 0 Å². The molecule has 0 atom stereocenters. The standard InChI is InChI=1S/C20H17BrN4O2S2/c1-24-17(27)16-13-4-2-3-5-15(13)29-18(16)25-19(24)22-23-20(25)28-10-14(26)11-6-8-12(21)9-7-11/h6-9H,2-5,10H2,1H3. The molecule has 0 bridgehead atoms. The third-order valence-corrected chi connectivity index (χ3v) is 8.02. The summed E-state index contributed by atoms with van der Waals surface area (Å²) in [7, 11) is 1.74. The summed E-state index contributed by atoms with van der Waals surface area (Å²) in [5, 5.41) is 9.97. The normalized spacial score (nSPS) is 13.9. The smallest absolute Gasteiger partial charge is 0.263 e. The molecule has 1 aliphatic rings. The number of rotatable bonds is 4. The lowest BCUT2D eigenvalue weighted by molar-refractivity contribution is 0.102. The van der Waals surface area contributed by atoms with E-state index in [4.69, 9.17) is 0 Å². The number of hydrogen-bond acceptors (Lipinski definition) is 6. The zero-order valence-corrected chi connectivity index (χ0v) is 18.9. The molecule has 0 saturated heterocycles. The summed E-state index contributed by atoms with van der Waals surface area (Å²) in [6.07, 6.45) is 4.25. The Morgan fingerprint density at radius 1 is 1.21 bits per heavy atom. The van der Waals surface area contributed by atoms with Crippen LogP contribution in [0, 0.1) is 0 Å². The Bertz CT molecular complexity index is 1320. The number of carbonyl (C=O) groups is 1. The van der Waals surface area contributed by atoms with Crippen LogP contribution in [0.5, 0.6) is 0 Å². The maximum absolute atomic E-state index is 13.0. The number of hydrogen-bond donors (Lipinski definition) is 0. The molecule has 9 heteroatoms. The lowest BCUT2D eigenvalue weighted by Crippen LogP contribution is -2.20. The molecule has 3 aromatic heterocycles. The molecule has 0 spiro atoms. The molecule has 5 rings (SSSR count). The van der Waals surface area contributed by atoms with Crippen molar-refractivity contribution < 1.29 is 4.79 Å². The first-order valence-electron chi connectivity index (χ1n) is 9.34. The molecule has 0 aliphatic heterocycles. The molecule has 0 saturated carbocycles. The predicted molar refractivity (Wildman–Crippen MR) is 119 cm³/mol. The third kappa shape index (κ3) is 3.15. The number of fused-ring (bicyclic) bond motifs is 5. The molecule has 148 valence electrons. The summed E-state index contributed by atoms with van der Waals surface area (Å²) in [5.41, 5.74) is 1.84.